The largest absolute Gasteiger partial charge is 0.389 e. The number of aromatic amines is 1. The van der Waals surface area contributed by atoms with E-state index in [1.807, 2.05) is 0 Å². The van der Waals surface area contributed by atoms with Crippen LogP contribution in [-0.2, 0) is 0 Å². The third-order valence-electron chi connectivity index (χ3n) is 2.22. The minimum Gasteiger partial charge on any atom is -0.389 e. The van der Waals surface area contributed by atoms with Gasteiger partial charge in [0, 0.05) is 13.6 Å². The summed E-state index contributed by atoms with van der Waals surface area (Å²) in [5.41, 5.74) is -0.150. The lowest BCUT2D eigenvalue weighted by molar-refractivity contribution is 0.0944. The number of anilines is 2. The van der Waals surface area contributed by atoms with Crippen LogP contribution in [0.15, 0.2) is 6.20 Å². The van der Waals surface area contributed by atoms with Crippen LogP contribution in [-0.4, -0.2) is 44.5 Å². The van der Waals surface area contributed by atoms with Crippen molar-refractivity contribution >= 4 is 22.8 Å². The van der Waals surface area contributed by atoms with Gasteiger partial charge >= 0.3 is 0 Å². The molecule has 0 aliphatic rings. The summed E-state index contributed by atoms with van der Waals surface area (Å²) in [6.45, 7) is 3.85. The molecule has 0 radical (unpaired) electrons. The molecule has 4 N–H and O–H groups in total. The Labute approximate surface area is 98.7 Å². The highest BCUT2D eigenvalue weighted by atomic mass is 16.3. The molecular formula is C10H16N6O. The molecule has 0 fully saturated rings. The van der Waals surface area contributed by atoms with E-state index in [0.717, 1.165) is 5.39 Å². The maximum absolute atomic E-state index is 9.68. The van der Waals surface area contributed by atoms with Crippen LogP contribution in [0.3, 0.4) is 0 Å². The smallest absolute Gasteiger partial charge is 0.226 e. The van der Waals surface area contributed by atoms with Crippen LogP contribution in [0.25, 0.3) is 11.0 Å². The summed E-state index contributed by atoms with van der Waals surface area (Å²) in [4.78, 5) is 8.51. The van der Waals surface area contributed by atoms with E-state index in [4.69, 9.17) is 0 Å². The van der Waals surface area contributed by atoms with Crippen LogP contribution in [0.5, 0.6) is 0 Å². The van der Waals surface area contributed by atoms with Gasteiger partial charge in [-0.1, -0.05) is 0 Å². The molecule has 0 atom stereocenters. The Morgan fingerprint density at radius 1 is 1.41 bits per heavy atom. The van der Waals surface area contributed by atoms with Gasteiger partial charge in [0.2, 0.25) is 5.95 Å². The molecule has 0 aliphatic carbocycles. The quantitative estimate of drug-likeness (QED) is 0.619. The highest BCUT2D eigenvalue weighted by molar-refractivity contribution is 5.86. The van der Waals surface area contributed by atoms with Crippen molar-refractivity contribution in [2.24, 2.45) is 0 Å². The molecule has 2 rings (SSSR count). The SMILES string of the molecule is CNc1nc(NCC(C)(C)O)c2cn[nH]c2n1. The van der Waals surface area contributed by atoms with Gasteiger partial charge in [0.15, 0.2) is 5.65 Å². The molecule has 7 nitrogen and oxygen atoms in total. The number of hydrogen-bond donors (Lipinski definition) is 4. The predicted octanol–water partition coefficient (Wildman–Crippen LogP) is 0.577. The van der Waals surface area contributed by atoms with Crippen molar-refractivity contribution < 1.29 is 5.11 Å². The Bertz CT molecular complexity index is 515. The average Bonchev–Trinajstić information content (AvgIpc) is 2.72. The Kier molecular flexibility index (Phi) is 2.84. The number of aliphatic hydroxyl groups is 1. The lowest BCUT2D eigenvalue weighted by atomic mass is 10.1. The first-order chi connectivity index (χ1) is 7.99. The molecule has 2 heterocycles. The number of H-pyrrole nitrogens is 1. The summed E-state index contributed by atoms with van der Waals surface area (Å²) in [5, 5.41) is 23.2. The third-order valence-corrected chi connectivity index (χ3v) is 2.22. The molecule has 92 valence electrons. The van der Waals surface area contributed by atoms with Crippen LogP contribution in [0, 0.1) is 0 Å². The molecule has 0 saturated heterocycles. The van der Waals surface area contributed by atoms with Gasteiger partial charge in [-0.05, 0) is 13.8 Å². The fourth-order valence-electron chi connectivity index (χ4n) is 1.38. The van der Waals surface area contributed by atoms with Gasteiger partial charge in [-0.15, -0.1) is 0 Å². The normalized spacial score (nSPS) is 11.8. The van der Waals surface area contributed by atoms with E-state index in [1.54, 1.807) is 27.1 Å². The second-order valence-electron chi connectivity index (χ2n) is 4.44. The van der Waals surface area contributed by atoms with E-state index in [0.29, 0.717) is 24.0 Å². The lowest BCUT2D eigenvalue weighted by Gasteiger charge is -2.18. The van der Waals surface area contributed by atoms with Crippen molar-refractivity contribution in [3.8, 4) is 0 Å². The number of fused-ring (bicyclic) bond motifs is 1. The molecule has 0 saturated carbocycles. The molecular weight excluding hydrogens is 220 g/mol. The van der Waals surface area contributed by atoms with E-state index < -0.39 is 5.60 Å². The summed E-state index contributed by atoms with van der Waals surface area (Å²) in [6.07, 6.45) is 1.65. The van der Waals surface area contributed by atoms with Gasteiger partial charge in [-0.2, -0.15) is 15.1 Å². The van der Waals surface area contributed by atoms with Gasteiger partial charge in [0.1, 0.15) is 5.82 Å². The number of hydrogen-bond acceptors (Lipinski definition) is 6. The van der Waals surface area contributed by atoms with Crippen molar-refractivity contribution in [2.45, 2.75) is 19.4 Å². The standard InChI is InChI=1S/C10H16N6O/c1-10(2,17)5-12-7-6-4-13-16-8(6)15-9(11-3)14-7/h4,17H,5H2,1-3H3,(H3,11,12,13,14,15,16). The number of nitrogens with zero attached hydrogens (tertiary/aromatic N) is 3. The van der Waals surface area contributed by atoms with Crippen LogP contribution < -0.4 is 10.6 Å². The zero-order valence-electron chi connectivity index (χ0n) is 10.1. The van der Waals surface area contributed by atoms with E-state index in [1.165, 1.54) is 0 Å². The maximum Gasteiger partial charge on any atom is 0.226 e. The molecule has 0 unspecified atom stereocenters. The van der Waals surface area contributed by atoms with Crippen molar-refractivity contribution in [1.29, 1.82) is 0 Å². The van der Waals surface area contributed by atoms with Gasteiger partial charge in [-0.3, -0.25) is 5.10 Å². The van der Waals surface area contributed by atoms with Crippen molar-refractivity contribution in [1.82, 2.24) is 20.2 Å². The molecule has 17 heavy (non-hydrogen) atoms. The first-order valence-corrected chi connectivity index (χ1v) is 5.35. The molecule has 2 aromatic heterocycles. The van der Waals surface area contributed by atoms with E-state index in [-0.39, 0.29) is 0 Å². The lowest BCUT2D eigenvalue weighted by Crippen LogP contribution is -2.29. The van der Waals surface area contributed by atoms with Crippen LogP contribution in [0.2, 0.25) is 0 Å². The molecule has 0 aliphatic heterocycles. The molecule has 7 heteroatoms. The van der Waals surface area contributed by atoms with Crippen LogP contribution in [0.1, 0.15) is 13.8 Å². The summed E-state index contributed by atoms with van der Waals surface area (Å²) in [6, 6.07) is 0. The molecule has 0 amide bonds. The third kappa shape index (κ3) is 2.62. The summed E-state index contributed by atoms with van der Waals surface area (Å²) in [5.74, 6) is 1.15. The number of aromatic nitrogens is 4. The van der Waals surface area contributed by atoms with Gasteiger partial charge in [0.25, 0.3) is 0 Å². The fraction of sp³-hybridized carbons (Fsp3) is 0.500. The number of nitrogens with one attached hydrogen (secondary N) is 3. The van der Waals surface area contributed by atoms with Crippen molar-refractivity contribution in [2.75, 3.05) is 24.2 Å². The fourth-order valence-corrected chi connectivity index (χ4v) is 1.38. The van der Waals surface area contributed by atoms with E-state index in [9.17, 15) is 5.11 Å². The van der Waals surface area contributed by atoms with Crippen molar-refractivity contribution in [3.63, 3.8) is 0 Å². The monoisotopic (exact) mass is 236 g/mol. The second-order valence-corrected chi connectivity index (χ2v) is 4.44. The maximum atomic E-state index is 9.68. The molecule has 0 bridgehead atoms. The van der Waals surface area contributed by atoms with Gasteiger partial charge in [0.05, 0.1) is 17.2 Å². The Morgan fingerprint density at radius 3 is 2.82 bits per heavy atom. The predicted molar refractivity (Wildman–Crippen MR) is 66.0 cm³/mol. The van der Waals surface area contributed by atoms with Crippen molar-refractivity contribution in [3.05, 3.63) is 6.20 Å². The number of rotatable bonds is 4. The molecule has 0 aromatic carbocycles. The summed E-state index contributed by atoms with van der Waals surface area (Å²) in [7, 11) is 1.75. The topological polar surface area (TPSA) is 98.8 Å². The Morgan fingerprint density at radius 2 is 2.18 bits per heavy atom. The Balaban J connectivity index is 2.34. The highest BCUT2D eigenvalue weighted by Crippen LogP contribution is 2.20. The first-order valence-electron chi connectivity index (χ1n) is 5.35. The van der Waals surface area contributed by atoms with E-state index in [2.05, 4.69) is 30.8 Å². The molecule has 2 aromatic rings. The highest BCUT2D eigenvalue weighted by Gasteiger charge is 2.14. The van der Waals surface area contributed by atoms with Gasteiger partial charge < -0.3 is 15.7 Å². The van der Waals surface area contributed by atoms with E-state index >= 15 is 0 Å². The average molecular weight is 236 g/mol. The zero-order chi connectivity index (χ0) is 12.5. The van der Waals surface area contributed by atoms with Crippen LogP contribution >= 0.6 is 0 Å². The zero-order valence-corrected chi connectivity index (χ0v) is 10.1. The molecule has 0 spiro atoms. The minimum atomic E-state index is -0.805. The second kappa shape index (κ2) is 4.17. The first kappa shape index (κ1) is 11.6. The minimum absolute atomic E-state index is 0.396. The van der Waals surface area contributed by atoms with Crippen LogP contribution in [0.4, 0.5) is 11.8 Å². The Hall–Kier alpha value is -1.89. The summed E-state index contributed by atoms with van der Waals surface area (Å²) < 4.78 is 0. The summed E-state index contributed by atoms with van der Waals surface area (Å²) >= 11 is 0. The van der Waals surface area contributed by atoms with Gasteiger partial charge in [-0.25, -0.2) is 0 Å².